The highest BCUT2D eigenvalue weighted by Crippen LogP contribution is 2.35. The zero-order chi connectivity index (χ0) is 26.1. The molecule has 2 aromatic rings. The van der Waals surface area contributed by atoms with Crippen LogP contribution in [0, 0.1) is 0 Å². The molecule has 0 radical (unpaired) electrons. The molecule has 2 N–H and O–H groups in total. The van der Waals surface area contributed by atoms with Crippen LogP contribution < -0.4 is 10.1 Å². The van der Waals surface area contributed by atoms with Crippen LogP contribution in [0.2, 0.25) is 0 Å². The van der Waals surface area contributed by atoms with Gasteiger partial charge >= 0.3 is 6.09 Å². The maximum atomic E-state index is 13.5. The number of hydrogen-bond acceptors (Lipinski definition) is 10. The number of phenolic OH excluding ortho intramolecular Hbond substituents is 1. The van der Waals surface area contributed by atoms with Gasteiger partial charge in [0, 0.05) is 24.1 Å². The molecule has 1 aliphatic heterocycles. The van der Waals surface area contributed by atoms with Crippen molar-refractivity contribution in [1.29, 1.82) is 0 Å². The van der Waals surface area contributed by atoms with Gasteiger partial charge in [-0.3, -0.25) is 10.1 Å². The molecule has 0 saturated carbocycles. The summed E-state index contributed by atoms with van der Waals surface area (Å²) in [5.74, 6) is -0.539. The van der Waals surface area contributed by atoms with Crippen molar-refractivity contribution in [1.82, 2.24) is 9.88 Å². The minimum absolute atomic E-state index is 0.0235. The number of nitrogens with one attached hydrogen (secondary N) is 1. The first-order valence-electron chi connectivity index (χ1n) is 11.0. The fourth-order valence-electron chi connectivity index (χ4n) is 3.38. The SMILES string of the molecule is C=C1C[C@@H](/C=N/OC)N(C(=O)c2cc(OC)c(O)cc2NC(=O)OCC(C)SSc2ccccn2)C1. The molecule has 10 nitrogen and oxygen atoms in total. The zero-order valence-corrected chi connectivity index (χ0v) is 21.8. The summed E-state index contributed by atoms with van der Waals surface area (Å²) in [6, 6.07) is 7.91. The number of amides is 2. The van der Waals surface area contributed by atoms with Crippen molar-refractivity contribution in [3.05, 3.63) is 54.2 Å². The van der Waals surface area contributed by atoms with Gasteiger partial charge in [0.05, 0.1) is 30.6 Å². The Hall–Kier alpha value is -3.38. The minimum Gasteiger partial charge on any atom is -0.504 e. The summed E-state index contributed by atoms with van der Waals surface area (Å²) in [6.07, 6.45) is 3.01. The van der Waals surface area contributed by atoms with Gasteiger partial charge in [0.25, 0.3) is 5.91 Å². The van der Waals surface area contributed by atoms with Crippen LogP contribution in [0.3, 0.4) is 0 Å². The fraction of sp³-hybridized carbons (Fsp3) is 0.333. The first kappa shape index (κ1) is 27.2. The van der Waals surface area contributed by atoms with Crippen LogP contribution >= 0.6 is 21.6 Å². The number of aromatic hydroxyl groups is 1. The van der Waals surface area contributed by atoms with Crippen LogP contribution in [0.1, 0.15) is 23.7 Å². The molecule has 12 heteroatoms. The number of oxime groups is 1. The summed E-state index contributed by atoms with van der Waals surface area (Å²) < 4.78 is 10.5. The Labute approximate surface area is 217 Å². The number of carbonyl (C=O) groups is 2. The predicted octanol–water partition coefficient (Wildman–Crippen LogP) is 4.58. The Morgan fingerprint density at radius 2 is 2.19 bits per heavy atom. The molecule has 2 heterocycles. The van der Waals surface area contributed by atoms with Crippen LogP contribution in [0.4, 0.5) is 10.5 Å². The van der Waals surface area contributed by atoms with E-state index in [-0.39, 0.29) is 40.6 Å². The van der Waals surface area contributed by atoms with Gasteiger partial charge in [-0.25, -0.2) is 9.78 Å². The number of nitrogens with zero attached hydrogens (tertiary/aromatic N) is 3. The van der Waals surface area contributed by atoms with Crippen molar-refractivity contribution in [3.8, 4) is 11.5 Å². The predicted molar refractivity (Wildman–Crippen MR) is 141 cm³/mol. The molecule has 36 heavy (non-hydrogen) atoms. The third-order valence-corrected chi connectivity index (χ3v) is 7.82. The number of likely N-dealkylation sites (tertiary alicyclic amines) is 1. The van der Waals surface area contributed by atoms with Gasteiger partial charge in [-0.1, -0.05) is 34.2 Å². The first-order chi connectivity index (χ1) is 17.3. The molecule has 1 fully saturated rings. The standard InChI is InChI=1S/C24H28N4O6S2/c1-15-9-17(12-26-33-4)28(13-15)23(30)18-10-21(32-3)20(29)11-19(18)27-24(31)34-14-16(2)35-36-22-7-5-6-8-25-22/h5-8,10-12,16-17,29H,1,9,13-14H2,2-4H3,(H,27,31)/b26-12+/t16?,17-/m0/s1. The maximum absolute atomic E-state index is 13.5. The van der Waals surface area contributed by atoms with E-state index in [1.807, 2.05) is 25.1 Å². The Bertz CT molecular complexity index is 1120. The van der Waals surface area contributed by atoms with Gasteiger partial charge in [0.15, 0.2) is 11.5 Å². The smallest absolute Gasteiger partial charge is 0.411 e. The third-order valence-electron chi connectivity index (χ3n) is 5.06. The largest absolute Gasteiger partial charge is 0.504 e. The second-order valence-electron chi connectivity index (χ2n) is 7.84. The van der Waals surface area contributed by atoms with Gasteiger partial charge in [0.2, 0.25) is 0 Å². The molecule has 1 unspecified atom stereocenters. The zero-order valence-electron chi connectivity index (χ0n) is 20.2. The highest BCUT2D eigenvalue weighted by atomic mass is 33.1. The number of carbonyl (C=O) groups excluding carboxylic acids is 2. The van der Waals surface area contributed by atoms with Crippen molar-refractivity contribution in [3.63, 3.8) is 0 Å². The Kier molecular flexibility index (Phi) is 9.88. The van der Waals surface area contributed by atoms with Crippen LogP contribution in [-0.4, -0.2) is 71.9 Å². The van der Waals surface area contributed by atoms with Crippen molar-refractivity contribution < 1.29 is 29.0 Å². The molecule has 1 saturated heterocycles. The maximum Gasteiger partial charge on any atom is 0.411 e. The molecule has 0 aliphatic carbocycles. The Morgan fingerprint density at radius 3 is 2.89 bits per heavy atom. The van der Waals surface area contributed by atoms with E-state index in [2.05, 4.69) is 22.0 Å². The number of aromatic nitrogens is 1. The van der Waals surface area contributed by atoms with Gasteiger partial charge < -0.3 is 24.3 Å². The van der Waals surface area contributed by atoms with Gasteiger partial charge in [0.1, 0.15) is 18.7 Å². The number of pyridine rings is 1. The molecule has 2 amide bonds. The van der Waals surface area contributed by atoms with Crippen LogP contribution in [0.25, 0.3) is 0 Å². The van der Waals surface area contributed by atoms with E-state index < -0.39 is 12.0 Å². The number of ether oxygens (including phenoxy) is 2. The van der Waals surface area contributed by atoms with Crippen molar-refractivity contribution in [2.24, 2.45) is 5.16 Å². The molecule has 0 bridgehead atoms. The second-order valence-corrected chi connectivity index (χ2v) is 10.5. The summed E-state index contributed by atoms with van der Waals surface area (Å²) in [7, 11) is 5.80. The summed E-state index contributed by atoms with van der Waals surface area (Å²) in [5.41, 5.74) is 1.07. The number of hydrogen-bond donors (Lipinski definition) is 2. The molecule has 3 rings (SSSR count). The molecule has 0 spiro atoms. The summed E-state index contributed by atoms with van der Waals surface area (Å²) in [6.45, 7) is 6.34. The number of benzene rings is 1. The normalized spacial score (nSPS) is 16.1. The quantitative estimate of drug-likeness (QED) is 0.196. The van der Waals surface area contributed by atoms with E-state index in [0.717, 1.165) is 10.6 Å². The summed E-state index contributed by atoms with van der Waals surface area (Å²) in [4.78, 5) is 36.6. The number of phenols is 1. The van der Waals surface area contributed by atoms with E-state index in [0.29, 0.717) is 13.0 Å². The van der Waals surface area contributed by atoms with Gasteiger partial charge in [-0.2, -0.15) is 0 Å². The molecule has 1 aliphatic rings. The van der Waals surface area contributed by atoms with E-state index in [1.54, 1.807) is 11.1 Å². The Morgan fingerprint density at radius 1 is 1.39 bits per heavy atom. The molecule has 2 atom stereocenters. The molecule has 192 valence electrons. The summed E-state index contributed by atoms with van der Waals surface area (Å²) in [5, 5.41) is 17.5. The van der Waals surface area contributed by atoms with Gasteiger partial charge in [-0.05, 0) is 42.3 Å². The highest BCUT2D eigenvalue weighted by molar-refractivity contribution is 8.76. The van der Waals surface area contributed by atoms with Crippen LogP contribution in [-0.2, 0) is 9.57 Å². The van der Waals surface area contributed by atoms with Crippen LogP contribution in [0.15, 0.2) is 58.9 Å². The second kappa shape index (κ2) is 13.1. The topological polar surface area (TPSA) is 123 Å². The molecule has 1 aromatic heterocycles. The lowest BCUT2D eigenvalue weighted by atomic mass is 10.1. The highest BCUT2D eigenvalue weighted by Gasteiger charge is 2.33. The number of rotatable bonds is 10. The molecular formula is C24H28N4O6S2. The average Bonchev–Trinajstić information content (AvgIpc) is 3.25. The van der Waals surface area contributed by atoms with E-state index in [4.69, 9.17) is 14.3 Å². The van der Waals surface area contributed by atoms with E-state index >= 15 is 0 Å². The average molecular weight is 533 g/mol. The lowest BCUT2D eigenvalue weighted by Crippen LogP contribution is -2.37. The monoisotopic (exact) mass is 532 g/mol. The first-order valence-corrected chi connectivity index (χ1v) is 13.2. The Balaban J connectivity index is 1.69. The minimum atomic E-state index is -0.757. The van der Waals surface area contributed by atoms with Crippen molar-refractivity contribution >= 4 is 45.5 Å². The van der Waals surface area contributed by atoms with E-state index in [9.17, 15) is 14.7 Å². The lowest BCUT2D eigenvalue weighted by Gasteiger charge is -2.23. The van der Waals surface area contributed by atoms with Crippen molar-refractivity contribution in [2.75, 3.05) is 32.7 Å². The lowest BCUT2D eigenvalue weighted by molar-refractivity contribution is 0.0773. The fourth-order valence-corrected chi connectivity index (χ4v) is 5.25. The van der Waals surface area contributed by atoms with Gasteiger partial charge in [-0.15, -0.1) is 0 Å². The molecule has 1 aromatic carbocycles. The van der Waals surface area contributed by atoms with Crippen molar-refractivity contribution in [2.45, 2.75) is 29.7 Å². The third kappa shape index (κ3) is 7.31. The van der Waals surface area contributed by atoms with E-state index in [1.165, 1.54) is 54.2 Å². The number of methoxy groups -OCH3 is 1. The van der Waals surface area contributed by atoms with Crippen LogP contribution in [0.5, 0.6) is 11.5 Å². The summed E-state index contributed by atoms with van der Waals surface area (Å²) >= 11 is 0. The molecular weight excluding hydrogens is 504 g/mol. The number of anilines is 1.